The van der Waals surface area contributed by atoms with Gasteiger partial charge in [0.2, 0.25) is 17.7 Å². The number of likely N-dealkylation sites (tertiary alicyclic amines) is 1. The Labute approximate surface area is 381 Å². The van der Waals surface area contributed by atoms with Crippen LogP contribution in [0.3, 0.4) is 0 Å². The van der Waals surface area contributed by atoms with E-state index in [2.05, 4.69) is 45.9 Å². The number of nitrogens with two attached hydrogens (primary N) is 1. The molecule has 18 nitrogen and oxygen atoms in total. The number of piperidine rings is 1. The third-order valence-electron chi connectivity index (χ3n) is 13.0. The SMILES string of the molecule is NC1CN(c2cnc(Sc3cccc(NC(=O)CCCCCCN4CC5(CCN(c6ccc(C(=O)NCc7ccc8c(c7)CN(C7CCC(=O)NC7=O)C8=O)nn6)C5)C4)c3)cn2)CC1O. The van der Waals surface area contributed by atoms with Gasteiger partial charge in [0.25, 0.3) is 11.8 Å². The van der Waals surface area contributed by atoms with E-state index in [1.807, 2.05) is 41.3 Å². The Balaban J connectivity index is 0.638. The lowest BCUT2D eigenvalue weighted by molar-refractivity contribution is -0.137. The maximum Gasteiger partial charge on any atom is 0.272 e. The Kier molecular flexibility index (Phi) is 13.1. The summed E-state index contributed by atoms with van der Waals surface area (Å²) in [6.45, 7) is 6.46. The number of β-amino-alcohol motifs (C(OH)–C–C–N with tert-alkyl or cyclic N) is 1. The molecule has 65 heavy (non-hydrogen) atoms. The Morgan fingerprint density at radius 3 is 2.55 bits per heavy atom. The number of imide groups is 1. The fourth-order valence-corrected chi connectivity index (χ4v) is 10.3. The van der Waals surface area contributed by atoms with Crippen molar-refractivity contribution in [3.8, 4) is 0 Å². The minimum absolute atomic E-state index is 0.00968. The zero-order chi connectivity index (χ0) is 45.1. The first-order valence-electron chi connectivity index (χ1n) is 22.4. The lowest BCUT2D eigenvalue weighted by Gasteiger charge is -2.48. The summed E-state index contributed by atoms with van der Waals surface area (Å²) >= 11 is 1.47. The number of anilines is 3. The Morgan fingerprint density at radius 1 is 0.923 bits per heavy atom. The van der Waals surface area contributed by atoms with Crippen molar-refractivity contribution in [3.05, 3.63) is 89.4 Å². The van der Waals surface area contributed by atoms with Gasteiger partial charge in [-0.1, -0.05) is 42.8 Å². The monoisotopic (exact) mass is 902 g/mol. The number of carbonyl (C=O) groups is 5. The molecule has 5 aliphatic heterocycles. The minimum Gasteiger partial charge on any atom is -0.390 e. The van der Waals surface area contributed by atoms with Crippen LogP contribution in [0, 0.1) is 5.41 Å². The second-order valence-corrected chi connectivity index (χ2v) is 19.0. The predicted octanol–water partition coefficient (Wildman–Crippen LogP) is 2.72. The lowest BCUT2D eigenvalue weighted by atomic mass is 9.79. The molecule has 340 valence electrons. The average molecular weight is 903 g/mol. The molecular weight excluding hydrogens is 849 g/mol. The van der Waals surface area contributed by atoms with Crippen molar-refractivity contribution in [2.45, 2.75) is 92.6 Å². The number of benzene rings is 2. The van der Waals surface area contributed by atoms with Gasteiger partial charge in [-0.15, -0.1) is 10.2 Å². The summed E-state index contributed by atoms with van der Waals surface area (Å²) in [5.41, 5.74) is 9.27. The first-order chi connectivity index (χ1) is 31.5. The molecule has 2 aromatic carbocycles. The number of fused-ring (bicyclic) bond motifs is 1. The lowest BCUT2D eigenvalue weighted by Crippen LogP contribution is -2.57. The third kappa shape index (κ3) is 10.3. The van der Waals surface area contributed by atoms with Gasteiger partial charge in [-0.3, -0.25) is 29.3 Å². The summed E-state index contributed by atoms with van der Waals surface area (Å²) in [6.07, 6.45) is 8.93. The second-order valence-electron chi connectivity index (χ2n) is 17.9. The maximum atomic E-state index is 13.0. The van der Waals surface area contributed by atoms with Gasteiger partial charge in [-0.25, -0.2) is 9.97 Å². The van der Waals surface area contributed by atoms with E-state index in [4.69, 9.17) is 5.73 Å². The Hall–Kier alpha value is -6.02. The van der Waals surface area contributed by atoms with E-state index in [0.717, 1.165) is 97.4 Å². The first kappa shape index (κ1) is 44.2. The van der Waals surface area contributed by atoms with E-state index in [0.29, 0.717) is 37.3 Å². The number of rotatable bonds is 16. The largest absolute Gasteiger partial charge is 0.390 e. The Morgan fingerprint density at radius 2 is 1.78 bits per heavy atom. The number of aliphatic hydroxyl groups is 1. The van der Waals surface area contributed by atoms with Crippen LogP contribution in [0.25, 0.3) is 0 Å². The molecule has 4 saturated heterocycles. The van der Waals surface area contributed by atoms with Crippen LogP contribution in [-0.4, -0.2) is 129 Å². The van der Waals surface area contributed by atoms with Crippen LogP contribution >= 0.6 is 11.8 Å². The molecule has 0 aliphatic carbocycles. The quantitative estimate of drug-likeness (QED) is 0.0804. The molecule has 0 radical (unpaired) electrons. The Bertz CT molecular complexity index is 2420. The van der Waals surface area contributed by atoms with Gasteiger partial charge in [0.15, 0.2) is 11.5 Å². The van der Waals surface area contributed by atoms with Crippen LogP contribution < -0.4 is 31.5 Å². The van der Waals surface area contributed by atoms with Gasteiger partial charge >= 0.3 is 0 Å². The number of amides is 5. The number of aromatic nitrogens is 4. The third-order valence-corrected chi connectivity index (χ3v) is 14.0. The number of nitrogens with one attached hydrogen (secondary N) is 3. The van der Waals surface area contributed by atoms with Crippen molar-refractivity contribution in [2.75, 3.05) is 60.9 Å². The topological polar surface area (TPSA) is 232 Å². The van der Waals surface area contributed by atoms with E-state index in [1.165, 1.54) is 16.7 Å². The fraction of sp³-hybridized carbons (Fsp3) is 0.457. The molecule has 9 rings (SSSR count). The van der Waals surface area contributed by atoms with Gasteiger partial charge in [-0.2, -0.15) is 0 Å². The van der Waals surface area contributed by atoms with E-state index in [9.17, 15) is 29.1 Å². The molecule has 5 amide bonds. The standard InChI is InChI=1S/C46H54N12O6S/c47-34-24-57(25-37(34)59)39-21-49-42(22-48-39)65-32-7-5-6-31(19-32)51-40(60)8-3-1-2-4-16-55-26-46(27-55)15-17-56(28-46)38-13-11-35(53-54-38)43(62)50-20-29-9-10-33-30(18-29)23-58(45(33)64)36-12-14-41(61)52-44(36)63/h5-7,9-11,13,18-19,21-22,34,36-37,59H,1-4,8,12,14-17,20,23-28,47H2,(H,50,62)(H,51,60)(H,52,61,63). The molecule has 0 saturated carbocycles. The summed E-state index contributed by atoms with van der Waals surface area (Å²) in [6, 6.07) is 15.7. The van der Waals surface area contributed by atoms with Crippen molar-refractivity contribution in [1.82, 2.24) is 40.6 Å². The molecular formula is C46H54N12O6S. The number of carbonyl (C=O) groups excluding carboxylic acids is 5. The van der Waals surface area contributed by atoms with E-state index in [-0.39, 0.29) is 60.3 Å². The summed E-state index contributed by atoms with van der Waals surface area (Å²) in [7, 11) is 0. The molecule has 0 bridgehead atoms. The molecule has 3 atom stereocenters. The second kappa shape index (κ2) is 19.2. The average Bonchev–Trinajstić information content (AvgIpc) is 3.98. The van der Waals surface area contributed by atoms with Gasteiger partial charge in [-0.05, 0) is 79.8 Å². The van der Waals surface area contributed by atoms with E-state index in [1.54, 1.807) is 30.6 Å². The predicted molar refractivity (Wildman–Crippen MR) is 242 cm³/mol. The van der Waals surface area contributed by atoms with Crippen molar-refractivity contribution < 1.29 is 29.1 Å². The summed E-state index contributed by atoms with van der Waals surface area (Å²) in [5, 5.41) is 27.6. The minimum atomic E-state index is -0.676. The summed E-state index contributed by atoms with van der Waals surface area (Å²) in [5.74, 6) is 0.109. The first-order valence-corrected chi connectivity index (χ1v) is 23.2. The van der Waals surface area contributed by atoms with Crippen LogP contribution in [0.5, 0.6) is 0 Å². The van der Waals surface area contributed by atoms with Gasteiger partial charge in [0.05, 0.1) is 18.5 Å². The maximum absolute atomic E-state index is 13.0. The molecule has 1 spiro atoms. The highest BCUT2D eigenvalue weighted by atomic mass is 32.2. The number of hydrogen-bond acceptors (Lipinski definition) is 15. The summed E-state index contributed by atoms with van der Waals surface area (Å²) in [4.78, 5) is 80.9. The van der Waals surface area contributed by atoms with Gasteiger partial charge in [0, 0.05) is 92.8 Å². The molecule has 19 heteroatoms. The van der Waals surface area contributed by atoms with Gasteiger partial charge in [0.1, 0.15) is 16.9 Å². The van der Waals surface area contributed by atoms with Crippen LogP contribution in [0.2, 0.25) is 0 Å². The normalized spacial score (nSPS) is 21.4. The number of aliphatic hydroxyl groups excluding tert-OH is 1. The number of nitrogens with zero attached hydrogens (tertiary/aromatic N) is 8. The van der Waals surface area contributed by atoms with Crippen LogP contribution in [0.15, 0.2) is 76.9 Å². The van der Waals surface area contributed by atoms with Gasteiger partial charge < -0.3 is 41.1 Å². The van der Waals surface area contributed by atoms with Crippen LogP contribution in [-0.2, 0) is 27.5 Å². The number of hydrogen-bond donors (Lipinski definition) is 5. The van der Waals surface area contributed by atoms with E-state index < -0.39 is 18.1 Å². The molecule has 2 aromatic heterocycles. The van der Waals surface area contributed by atoms with Crippen molar-refractivity contribution >= 4 is 58.6 Å². The van der Waals surface area contributed by atoms with Crippen molar-refractivity contribution in [2.24, 2.45) is 11.1 Å². The molecule has 3 unspecified atom stereocenters. The molecule has 4 fully saturated rings. The van der Waals surface area contributed by atoms with Crippen LogP contribution in [0.1, 0.15) is 83.3 Å². The highest BCUT2D eigenvalue weighted by Gasteiger charge is 2.47. The van der Waals surface area contributed by atoms with E-state index >= 15 is 0 Å². The molecule has 7 heterocycles. The molecule has 5 aliphatic rings. The van der Waals surface area contributed by atoms with Crippen LogP contribution in [0.4, 0.5) is 17.3 Å². The van der Waals surface area contributed by atoms with Crippen molar-refractivity contribution in [1.29, 1.82) is 0 Å². The zero-order valence-electron chi connectivity index (χ0n) is 36.2. The zero-order valence-corrected chi connectivity index (χ0v) is 37.0. The number of unbranched alkanes of at least 4 members (excludes halogenated alkanes) is 3. The fourth-order valence-electron chi connectivity index (χ4n) is 9.56. The summed E-state index contributed by atoms with van der Waals surface area (Å²) < 4.78 is 0. The highest BCUT2D eigenvalue weighted by molar-refractivity contribution is 7.99. The smallest absolute Gasteiger partial charge is 0.272 e. The van der Waals surface area contributed by atoms with Crippen molar-refractivity contribution in [3.63, 3.8) is 0 Å². The molecule has 6 N–H and O–H groups in total. The molecule has 4 aromatic rings. The highest BCUT2D eigenvalue weighted by Crippen LogP contribution is 2.41.